The van der Waals surface area contributed by atoms with Crippen LogP contribution < -0.4 is 5.73 Å². The lowest BCUT2D eigenvalue weighted by molar-refractivity contribution is 0.0949. The van der Waals surface area contributed by atoms with Crippen LogP contribution in [0.2, 0.25) is 0 Å². The molecule has 5 heteroatoms. The molecule has 2 unspecified atom stereocenters. The molecule has 16 heavy (non-hydrogen) atoms. The highest BCUT2D eigenvalue weighted by atomic mass is 16.5. The van der Waals surface area contributed by atoms with Gasteiger partial charge in [-0.25, -0.2) is 0 Å². The summed E-state index contributed by atoms with van der Waals surface area (Å²) in [6, 6.07) is 0.450. The highest BCUT2D eigenvalue weighted by Crippen LogP contribution is 2.17. The summed E-state index contributed by atoms with van der Waals surface area (Å²) in [7, 11) is 4.13. The largest absolute Gasteiger partial charge is 0.392 e. The van der Waals surface area contributed by atoms with Crippen molar-refractivity contribution < 1.29 is 9.84 Å². The van der Waals surface area contributed by atoms with Crippen molar-refractivity contribution in [2.75, 3.05) is 53.5 Å². The van der Waals surface area contributed by atoms with Crippen LogP contribution in [0.3, 0.4) is 0 Å². The summed E-state index contributed by atoms with van der Waals surface area (Å²) >= 11 is 0. The van der Waals surface area contributed by atoms with E-state index in [4.69, 9.17) is 10.5 Å². The van der Waals surface area contributed by atoms with Crippen LogP contribution in [0.25, 0.3) is 0 Å². The van der Waals surface area contributed by atoms with E-state index in [1.165, 1.54) is 0 Å². The van der Waals surface area contributed by atoms with Crippen molar-refractivity contribution in [1.82, 2.24) is 9.80 Å². The maximum Gasteiger partial charge on any atom is 0.0682 e. The first-order valence-corrected chi connectivity index (χ1v) is 5.98. The molecule has 3 N–H and O–H groups in total. The molecule has 0 aliphatic carbocycles. The monoisotopic (exact) mass is 231 g/mol. The second-order valence-corrected chi connectivity index (χ2v) is 4.70. The molecule has 1 fully saturated rings. The predicted octanol–water partition coefficient (Wildman–Crippen LogP) is -1.04. The molecule has 0 bridgehead atoms. The summed E-state index contributed by atoms with van der Waals surface area (Å²) < 4.78 is 5.37. The summed E-state index contributed by atoms with van der Waals surface area (Å²) in [5.41, 5.74) is 5.35. The average Bonchev–Trinajstić information content (AvgIpc) is 2.53. The van der Waals surface area contributed by atoms with E-state index in [2.05, 4.69) is 23.9 Å². The van der Waals surface area contributed by atoms with Gasteiger partial charge < -0.3 is 20.5 Å². The molecule has 0 saturated carbocycles. The fourth-order valence-corrected chi connectivity index (χ4v) is 2.21. The fourth-order valence-electron chi connectivity index (χ4n) is 2.21. The first-order valence-electron chi connectivity index (χ1n) is 5.98. The van der Waals surface area contributed by atoms with Crippen LogP contribution in [-0.2, 0) is 4.74 Å². The molecule has 1 aliphatic heterocycles. The third-order valence-corrected chi connectivity index (χ3v) is 2.87. The lowest BCUT2D eigenvalue weighted by Gasteiger charge is -2.26. The molecule has 5 nitrogen and oxygen atoms in total. The number of likely N-dealkylation sites (tertiary alicyclic amines) is 1. The minimum atomic E-state index is -0.181. The van der Waals surface area contributed by atoms with E-state index >= 15 is 0 Å². The first-order chi connectivity index (χ1) is 7.63. The highest BCUT2D eigenvalue weighted by Gasteiger charge is 2.30. The number of β-amino-alcohol motifs (C(OH)–C–C–N with tert-alkyl or cyclic N) is 1. The van der Waals surface area contributed by atoms with Crippen LogP contribution in [0.15, 0.2) is 0 Å². The number of hydrogen-bond donors (Lipinski definition) is 2. The zero-order valence-corrected chi connectivity index (χ0v) is 10.4. The Hall–Kier alpha value is -0.200. The van der Waals surface area contributed by atoms with Gasteiger partial charge in [-0.15, -0.1) is 0 Å². The first kappa shape index (κ1) is 13.9. The molecular formula is C11H25N3O2. The highest BCUT2D eigenvalue weighted by molar-refractivity contribution is 4.86. The Balaban J connectivity index is 2.26. The maximum atomic E-state index is 9.66. The minimum absolute atomic E-state index is 0.181. The number of rotatable bonds is 7. The second kappa shape index (κ2) is 7.19. The Kier molecular flexibility index (Phi) is 6.23. The van der Waals surface area contributed by atoms with E-state index in [-0.39, 0.29) is 6.10 Å². The van der Waals surface area contributed by atoms with Gasteiger partial charge in [0, 0.05) is 32.2 Å². The van der Waals surface area contributed by atoms with Gasteiger partial charge in [0.05, 0.1) is 19.3 Å². The number of likely N-dealkylation sites (N-methyl/N-ethyl adjacent to an activating group) is 1. The molecular weight excluding hydrogens is 206 g/mol. The molecule has 1 saturated heterocycles. The van der Waals surface area contributed by atoms with E-state index in [0.717, 1.165) is 26.1 Å². The van der Waals surface area contributed by atoms with Crippen LogP contribution in [-0.4, -0.2) is 80.5 Å². The molecule has 0 radical (unpaired) electrons. The van der Waals surface area contributed by atoms with Crippen molar-refractivity contribution in [3.05, 3.63) is 0 Å². The quantitative estimate of drug-likeness (QED) is 0.548. The van der Waals surface area contributed by atoms with E-state index < -0.39 is 0 Å². The van der Waals surface area contributed by atoms with Crippen molar-refractivity contribution >= 4 is 0 Å². The Morgan fingerprint density at radius 2 is 2.19 bits per heavy atom. The third kappa shape index (κ3) is 4.76. The molecule has 1 aliphatic rings. The zero-order valence-electron chi connectivity index (χ0n) is 10.4. The maximum absolute atomic E-state index is 9.66. The Morgan fingerprint density at radius 1 is 1.44 bits per heavy atom. The van der Waals surface area contributed by atoms with Gasteiger partial charge in [0.15, 0.2) is 0 Å². The van der Waals surface area contributed by atoms with Crippen molar-refractivity contribution in [2.24, 2.45) is 5.73 Å². The molecule has 0 amide bonds. The van der Waals surface area contributed by atoms with Crippen LogP contribution >= 0.6 is 0 Å². The number of nitrogens with zero attached hydrogens (tertiary/aromatic N) is 2. The average molecular weight is 231 g/mol. The number of aliphatic hydroxyl groups excluding tert-OH is 1. The Bertz CT molecular complexity index is 190. The fraction of sp³-hybridized carbons (Fsp3) is 1.00. The topological polar surface area (TPSA) is 62.0 Å². The number of nitrogens with two attached hydrogens (primary N) is 1. The van der Waals surface area contributed by atoms with Crippen LogP contribution in [0.1, 0.15) is 6.42 Å². The Labute approximate surface area is 98.2 Å². The van der Waals surface area contributed by atoms with E-state index in [1.807, 2.05) is 0 Å². The molecule has 2 atom stereocenters. The molecule has 0 aromatic rings. The third-order valence-electron chi connectivity index (χ3n) is 2.87. The molecule has 1 rings (SSSR count). The van der Waals surface area contributed by atoms with Crippen LogP contribution in [0.4, 0.5) is 0 Å². The summed E-state index contributed by atoms with van der Waals surface area (Å²) in [4.78, 5) is 4.47. The van der Waals surface area contributed by atoms with E-state index in [1.54, 1.807) is 0 Å². The minimum Gasteiger partial charge on any atom is -0.392 e. The van der Waals surface area contributed by atoms with Gasteiger partial charge in [0.25, 0.3) is 0 Å². The number of aliphatic hydroxyl groups is 1. The van der Waals surface area contributed by atoms with Crippen molar-refractivity contribution in [1.29, 1.82) is 0 Å². The second-order valence-electron chi connectivity index (χ2n) is 4.70. The van der Waals surface area contributed by atoms with Gasteiger partial charge in [-0.2, -0.15) is 0 Å². The van der Waals surface area contributed by atoms with Crippen LogP contribution in [0, 0.1) is 0 Å². The number of ether oxygens (including phenoxy) is 1. The smallest absolute Gasteiger partial charge is 0.0682 e. The van der Waals surface area contributed by atoms with E-state index in [9.17, 15) is 5.11 Å². The summed E-state index contributed by atoms with van der Waals surface area (Å²) in [5.74, 6) is 0. The standard InChI is InChI=1S/C11H25N3O2/c1-13(2)8-10-7-11(15)9-14(10)4-6-16-5-3-12/h10-11,15H,3-9,12H2,1-2H3. The summed E-state index contributed by atoms with van der Waals surface area (Å²) in [6.07, 6.45) is 0.689. The van der Waals surface area contributed by atoms with Crippen molar-refractivity contribution in [3.63, 3.8) is 0 Å². The molecule has 0 aromatic heterocycles. The molecule has 96 valence electrons. The lowest BCUT2D eigenvalue weighted by Crippen LogP contribution is -2.39. The summed E-state index contributed by atoms with van der Waals surface area (Å²) in [6.45, 7) is 4.54. The lowest BCUT2D eigenvalue weighted by atomic mass is 10.2. The van der Waals surface area contributed by atoms with Gasteiger partial charge in [-0.3, -0.25) is 4.90 Å². The van der Waals surface area contributed by atoms with Gasteiger partial charge in [0.1, 0.15) is 0 Å². The van der Waals surface area contributed by atoms with Gasteiger partial charge in [-0.05, 0) is 20.5 Å². The van der Waals surface area contributed by atoms with Crippen molar-refractivity contribution in [2.45, 2.75) is 18.6 Å². The van der Waals surface area contributed by atoms with Crippen LogP contribution in [0.5, 0.6) is 0 Å². The number of hydrogen-bond acceptors (Lipinski definition) is 5. The van der Waals surface area contributed by atoms with Gasteiger partial charge in [0.2, 0.25) is 0 Å². The normalized spacial score (nSPS) is 26.8. The SMILES string of the molecule is CN(C)CC1CC(O)CN1CCOCCN. The molecule has 0 aromatic carbocycles. The van der Waals surface area contributed by atoms with Crippen molar-refractivity contribution in [3.8, 4) is 0 Å². The predicted molar refractivity (Wildman–Crippen MR) is 64.4 cm³/mol. The zero-order chi connectivity index (χ0) is 12.0. The Morgan fingerprint density at radius 3 is 2.81 bits per heavy atom. The van der Waals surface area contributed by atoms with Gasteiger partial charge >= 0.3 is 0 Å². The summed E-state index contributed by atoms with van der Waals surface area (Å²) in [5, 5.41) is 9.66. The molecule has 1 heterocycles. The molecule has 0 spiro atoms. The van der Waals surface area contributed by atoms with Gasteiger partial charge in [-0.1, -0.05) is 0 Å². The van der Waals surface area contributed by atoms with E-state index in [0.29, 0.717) is 25.8 Å².